The first-order valence-corrected chi connectivity index (χ1v) is 14.6. The maximum absolute atomic E-state index is 14.1. The van der Waals surface area contributed by atoms with Gasteiger partial charge >= 0.3 is 5.97 Å². The average Bonchev–Trinajstić information content (AvgIpc) is 3.28. The molecule has 1 atom stereocenters. The van der Waals surface area contributed by atoms with Crippen molar-refractivity contribution in [3.63, 3.8) is 0 Å². The van der Waals surface area contributed by atoms with Gasteiger partial charge in [0, 0.05) is 0 Å². The van der Waals surface area contributed by atoms with Gasteiger partial charge in [0.1, 0.15) is 6.61 Å². The molecule has 12 heteroatoms. The molecule has 0 unspecified atom stereocenters. The zero-order valence-corrected chi connectivity index (χ0v) is 26.9. The molecule has 42 heavy (non-hydrogen) atoms. The minimum atomic E-state index is -0.870. The zero-order valence-electron chi connectivity index (χ0n) is 23.9. The average molecular weight is 705 g/mol. The van der Waals surface area contributed by atoms with E-state index in [2.05, 4.69) is 33.5 Å². The van der Waals surface area contributed by atoms with Crippen LogP contribution in [0.25, 0.3) is 6.08 Å². The van der Waals surface area contributed by atoms with Gasteiger partial charge < -0.3 is 28.4 Å². The van der Waals surface area contributed by atoms with Crippen molar-refractivity contribution in [1.29, 1.82) is 0 Å². The summed E-state index contributed by atoms with van der Waals surface area (Å²) in [7, 11) is 6.03. The van der Waals surface area contributed by atoms with E-state index in [0.717, 1.165) is 3.57 Å². The number of halogens is 1. The third-order valence-electron chi connectivity index (χ3n) is 6.37. The molecule has 0 amide bonds. The number of hydrogen-bond donors (Lipinski definition) is 0. The molecule has 0 fully saturated rings. The Bertz CT molecular complexity index is 1760. The normalized spacial score (nSPS) is 14.4. The first-order valence-electron chi connectivity index (χ1n) is 12.7. The van der Waals surface area contributed by atoms with Crippen molar-refractivity contribution >= 4 is 46.0 Å². The van der Waals surface area contributed by atoms with Gasteiger partial charge in [-0.05, 0) is 77.9 Å². The zero-order chi connectivity index (χ0) is 30.6. The number of terminal acetylenes is 1. The van der Waals surface area contributed by atoms with Gasteiger partial charge in [-0.2, -0.15) is 0 Å². The highest BCUT2D eigenvalue weighted by molar-refractivity contribution is 14.1. The van der Waals surface area contributed by atoms with Gasteiger partial charge in [0.05, 0.1) is 60.5 Å². The molecule has 10 nitrogen and oxygen atoms in total. The monoisotopic (exact) mass is 704 g/mol. The van der Waals surface area contributed by atoms with Gasteiger partial charge in [-0.3, -0.25) is 9.36 Å². The van der Waals surface area contributed by atoms with Gasteiger partial charge in [-0.1, -0.05) is 17.3 Å². The number of rotatable bonds is 10. The highest BCUT2D eigenvalue weighted by atomic mass is 127. The van der Waals surface area contributed by atoms with Crippen LogP contribution in [0.1, 0.15) is 31.0 Å². The molecule has 0 radical (unpaired) electrons. The predicted octanol–water partition coefficient (Wildman–Crippen LogP) is 3.45. The van der Waals surface area contributed by atoms with Crippen molar-refractivity contribution < 1.29 is 33.2 Å². The molecule has 2 aromatic carbocycles. The number of carbonyl (C=O) groups is 1. The lowest BCUT2D eigenvalue weighted by atomic mass is 9.95. The number of methoxy groups -OCH3 is 4. The first-order chi connectivity index (χ1) is 20.2. The van der Waals surface area contributed by atoms with Crippen LogP contribution in [0.3, 0.4) is 0 Å². The summed E-state index contributed by atoms with van der Waals surface area (Å²) in [6.45, 7) is 3.68. The van der Waals surface area contributed by atoms with E-state index in [-0.39, 0.29) is 24.3 Å². The molecule has 0 aliphatic carbocycles. The van der Waals surface area contributed by atoms with E-state index in [1.165, 1.54) is 44.3 Å². The van der Waals surface area contributed by atoms with Crippen LogP contribution in [0.4, 0.5) is 0 Å². The molecule has 0 bridgehead atoms. The SMILES string of the molecule is C#CCOc1c(I)cc(/C=c2\sc3n(c2=O)[C@@H](c2cc(OC)c(OC)c(OC)c2)C(C(=O)OCC)=C(C)N=3)cc1OC. The smallest absolute Gasteiger partial charge is 0.338 e. The second kappa shape index (κ2) is 13.3. The molecule has 220 valence electrons. The van der Waals surface area contributed by atoms with Gasteiger partial charge in [0.15, 0.2) is 27.8 Å². The summed E-state index contributed by atoms with van der Waals surface area (Å²) < 4.78 is 35.8. The van der Waals surface area contributed by atoms with Crippen molar-refractivity contribution in [2.45, 2.75) is 19.9 Å². The summed E-state index contributed by atoms with van der Waals surface area (Å²) in [4.78, 5) is 32.4. The highest BCUT2D eigenvalue weighted by Gasteiger charge is 2.34. The maximum atomic E-state index is 14.1. The molecule has 0 spiro atoms. The van der Waals surface area contributed by atoms with E-state index in [9.17, 15) is 9.59 Å². The molecule has 2 heterocycles. The minimum Gasteiger partial charge on any atom is -0.493 e. The number of aromatic nitrogens is 1. The molecule has 0 saturated heterocycles. The van der Waals surface area contributed by atoms with Gasteiger partial charge in [-0.25, -0.2) is 9.79 Å². The van der Waals surface area contributed by atoms with Gasteiger partial charge in [-0.15, -0.1) is 6.42 Å². The molecular weight excluding hydrogens is 675 g/mol. The summed E-state index contributed by atoms with van der Waals surface area (Å²) in [5.74, 6) is 4.00. The standard InChI is InChI=1S/C30H29IN2O8S/c1-8-10-41-26-19(31)11-17(12-20(26)36-4)13-23-28(34)33-25(18-14-21(37-5)27(39-7)22(15-18)38-6)24(29(35)40-9-2)16(3)32-30(33)42-23/h1,11-15,25H,9-10H2,2-7H3/b23-13-/t25-/m0/s1. The fourth-order valence-electron chi connectivity index (χ4n) is 4.59. The van der Waals surface area contributed by atoms with Crippen LogP contribution >= 0.6 is 33.9 Å². The molecule has 1 aliphatic rings. The fraction of sp³-hybridized carbons (Fsp3) is 0.300. The number of fused-ring (bicyclic) bond motifs is 1. The quantitative estimate of drug-likeness (QED) is 0.180. The predicted molar refractivity (Wildman–Crippen MR) is 167 cm³/mol. The van der Waals surface area contributed by atoms with Crippen molar-refractivity contribution in [1.82, 2.24) is 4.57 Å². The Hall–Kier alpha value is -3.96. The highest BCUT2D eigenvalue weighted by Crippen LogP contribution is 2.42. The van der Waals surface area contributed by atoms with Crippen LogP contribution in [0.5, 0.6) is 28.7 Å². The first kappa shape index (κ1) is 31.0. The van der Waals surface area contributed by atoms with Crippen molar-refractivity contribution in [3.8, 4) is 41.1 Å². The van der Waals surface area contributed by atoms with Gasteiger partial charge in [0.2, 0.25) is 5.75 Å². The Morgan fingerprint density at radius 1 is 1.07 bits per heavy atom. The molecule has 3 aromatic rings. The van der Waals surface area contributed by atoms with Crippen molar-refractivity contribution in [2.24, 2.45) is 4.99 Å². The Labute approximate surface area is 260 Å². The van der Waals surface area contributed by atoms with Crippen LogP contribution in [-0.4, -0.2) is 52.2 Å². The summed E-state index contributed by atoms with van der Waals surface area (Å²) in [6, 6.07) is 6.18. The van der Waals surface area contributed by atoms with E-state index in [1.807, 2.05) is 6.07 Å². The Kier molecular flexibility index (Phi) is 9.85. The van der Waals surface area contributed by atoms with E-state index in [4.69, 9.17) is 34.8 Å². The second-order valence-electron chi connectivity index (χ2n) is 8.79. The van der Waals surface area contributed by atoms with Gasteiger partial charge in [0.25, 0.3) is 5.56 Å². The van der Waals surface area contributed by atoms with E-state index in [0.29, 0.717) is 54.9 Å². The van der Waals surface area contributed by atoms with Crippen LogP contribution in [0, 0.1) is 15.9 Å². The van der Waals surface area contributed by atoms with E-state index < -0.39 is 12.0 Å². The van der Waals surface area contributed by atoms with E-state index >= 15 is 0 Å². The Morgan fingerprint density at radius 3 is 2.29 bits per heavy atom. The van der Waals surface area contributed by atoms with Crippen LogP contribution < -0.4 is 38.6 Å². The summed E-state index contributed by atoms with van der Waals surface area (Å²) in [5.41, 5.74) is 1.59. The van der Waals surface area contributed by atoms with E-state index in [1.54, 1.807) is 38.1 Å². The van der Waals surface area contributed by atoms with Crippen LogP contribution in [0.2, 0.25) is 0 Å². The second-order valence-corrected chi connectivity index (χ2v) is 11.0. The van der Waals surface area contributed by atoms with Crippen molar-refractivity contribution in [3.05, 3.63) is 69.9 Å². The lowest BCUT2D eigenvalue weighted by Crippen LogP contribution is -2.40. The number of thiazole rings is 1. The van der Waals surface area contributed by atoms with Crippen LogP contribution in [0.15, 0.2) is 45.3 Å². The topological polar surface area (TPSA) is 107 Å². The molecule has 1 aromatic heterocycles. The lowest BCUT2D eigenvalue weighted by Gasteiger charge is -2.26. The number of ether oxygens (including phenoxy) is 6. The molecule has 0 saturated carbocycles. The number of esters is 1. The maximum Gasteiger partial charge on any atom is 0.338 e. The third kappa shape index (κ3) is 5.84. The largest absolute Gasteiger partial charge is 0.493 e. The number of hydrogen-bond acceptors (Lipinski definition) is 10. The number of carbonyl (C=O) groups excluding carboxylic acids is 1. The number of nitrogens with zero attached hydrogens (tertiary/aromatic N) is 2. The van der Waals surface area contributed by atoms with Crippen molar-refractivity contribution in [2.75, 3.05) is 41.7 Å². The molecule has 1 aliphatic heterocycles. The Balaban J connectivity index is 1.97. The minimum absolute atomic E-state index is 0.0907. The lowest BCUT2D eigenvalue weighted by molar-refractivity contribution is -0.139. The van der Waals surface area contributed by atoms with Crippen LogP contribution in [-0.2, 0) is 9.53 Å². The summed E-state index contributed by atoms with van der Waals surface area (Å²) >= 11 is 3.33. The Morgan fingerprint density at radius 2 is 1.71 bits per heavy atom. The summed E-state index contributed by atoms with van der Waals surface area (Å²) in [5, 5.41) is 0. The molecule has 0 N–H and O–H groups in total. The molecule has 4 rings (SSSR count). The summed E-state index contributed by atoms with van der Waals surface area (Å²) in [6.07, 6.45) is 7.09. The fourth-order valence-corrected chi connectivity index (χ4v) is 6.42. The number of allylic oxidation sites excluding steroid dienone is 1. The number of benzene rings is 2. The molecular formula is C30H29IN2O8S. The third-order valence-corrected chi connectivity index (χ3v) is 8.15.